The Bertz CT molecular complexity index is 1010. The number of aromatic amines is 1. The Morgan fingerprint density at radius 3 is 2.88 bits per heavy atom. The highest BCUT2D eigenvalue weighted by molar-refractivity contribution is 5.96. The molecular weight excluding hydrogens is 307 g/mol. The fourth-order valence-electron chi connectivity index (χ4n) is 3.33. The molecule has 4 rings (SSSR count). The Balaban J connectivity index is 1.65. The van der Waals surface area contributed by atoms with Crippen LogP contribution in [-0.4, -0.2) is 10.9 Å². The summed E-state index contributed by atoms with van der Waals surface area (Å²) in [6.45, 7) is 0. The zero-order chi connectivity index (χ0) is 16.7. The van der Waals surface area contributed by atoms with E-state index in [1.54, 1.807) is 30.3 Å². The Hall–Kier alpha value is -2.95. The first kappa shape index (κ1) is 14.6. The van der Waals surface area contributed by atoms with E-state index < -0.39 is 0 Å². The molecular formula is C19H15FN2O2. The number of aromatic nitrogens is 1. The van der Waals surface area contributed by atoms with E-state index in [0.717, 1.165) is 5.56 Å². The average Bonchev–Trinajstić information content (AvgIpc) is 2.99. The molecule has 4 nitrogen and oxygen atoms in total. The van der Waals surface area contributed by atoms with Crippen LogP contribution in [0.2, 0.25) is 0 Å². The van der Waals surface area contributed by atoms with Crippen molar-refractivity contribution in [2.45, 2.75) is 18.9 Å². The van der Waals surface area contributed by atoms with E-state index in [9.17, 15) is 14.0 Å². The van der Waals surface area contributed by atoms with Crippen LogP contribution in [0.3, 0.4) is 0 Å². The molecule has 0 saturated heterocycles. The lowest BCUT2D eigenvalue weighted by Crippen LogP contribution is -2.29. The molecule has 1 atom stereocenters. The molecule has 0 unspecified atom stereocenters. The van der Waals surface area contributed by atoms with Gasteiger partial charge >= 0.3 is 0 Å². The molecule has 1 heterocycles. The predicted octanol–water partition coefficient (Wildman–Crippen LogP) is 3.08. The first-order valence-electron chi connectivity index (χ1n) is 7.84. The highest BCUT2D eigenvalue weighted by atomic mass is 19.1. The quantitative estimate of drug-likeness (QED) is 0.761. The average molecular weight is 322 g/mol. The summed E-state index contributed by atoms with van der Waals surface area (Å²) < 4.78 is 13.8. The maximum atomic E-state index is 13.8. The van der Waals surface area contributed by atoms with E-state index >= 15 is 0 Å². The lowest BCUT2D eigenvalue weighted by atomic mass is 10.1. The number of benzene rings is 2. The number of nitrogens with one attached hydrogen (secondary N) is 2. The zero-order valence-electron chi connectivity index (χ0n) is 12.8. The Morgan fingerprint density at radius 2 is 2.00 bits per heavy atom. The van der Waals surface area contributed by atoms with Crippen molar-refractivity contribution >= 4 is 16.7 Å². The summed E-state index contributed by atoms with van der Waals surface area (Å²) in [5.74, 6) is -0.594. The summed E-state index contributed by atoms with van der Waals surface area (Å²) in [4.78, 5) is 27.2. The van der Waals surface area contributed by atoms with Crippen molar-refractivity contribution in [3.63, 3.8) is 0 Å². The normalized spacial score (nSPS) is 16.1. The topological polar surface area (TPSA) is 62.0 Å². The van der Waals surface area contributed by atoms with Crippen LogP contribution in [-0.2, 0) is 6.42 Å². The summed E-state index contributed by atoms with van der Waals surface area (Å²) in [5.41, 5.74) is 1.39. The second-order valence-corrected chi connectivity index (χ2v) is 5.97. The number of carbonyl (C=O) groups excluding carboxylic acids is 1. The highest BCUT2D eigenvalue weighted by Gasteiger charge is 2.26. The predicted molar refractivity (Wildman–Crippen MR) is 89.5 cm³/mol. The molecule has 0 aliphatic heterocycles. The minimum absolute atomic E-state index is 0.212. The van der Waals surface area contributed by atoms with Gasteiger partial charge in [-0.25, -0.2) is 4.39 Å². The van der Waals surface area contributed by atoms with Crippen molar-refractivity contribution in [2.24, 2.45) is 0 Å². The molecule has 1 aliphatic rings. The molecule has 24 heavy (non-hydrogen) atoms. The number of hydrogen-bond acceptors (Lipinski definition) is 2. The largest absolute Gasteiger partial charge is 0.344 e. The molecule has 1 aliphatic carbocycles. The van der Waals surface area contributed by atoms with Gasteiger partial charge in [0.1, 0.15) is 11.5 Å². The molecule has 2 N–H and O–H groups in total. The van der Waals surface area contributed by atoms with E-state index in [4.69, 9.17) is 0 Å². The maximum Gasteiger partial charge on any atom is 0.268 e. The molecule has 0 radical (unpaired) electrons. The van der Waals surface area contributed by atoms with Gasteiger partial charge in [0, 0.05) is 5.39 Å². The van der Waals surface area contributed by atoms with Crippen LogP contribution < -0.4 is 10.9 Å². The van der Waals surface area contributed by atoms with Crippen molar-refractivity contribution in [2.75, 3.05) is 0 Å². The van der Waals surface area contributed by atoms with Crippen LogP contribution >= 0.6 is 0 Å². The number of carbonyl (C=O) groups is 1. The zero-order valence-corrected chi connectivity index (χ0v) is 12.8. The summed E-state index contributed by atoms with van der Waals surface area (Å²) in [6.07, 6.45) is 1.25. The van der Waals surface area contributed by atoms with E-state index in [1.165, 1.54) is 6.07 Å². The number of amides is 1. The summed E-state index contributed by atoms with van der Waals surface area (Å²) in [6, 6.07) is 13.4. The molecule has 3 aromatic rings. The molecule has 5 heteroatoms. The van der Waals surface area contributed by atoms with Crippen molar-refractivity contribution in [1.29, 1.82) is 0 Å². The van der Waals surface area contributed by atoms with Crippen LogP contribution in [0.15, 0.2) is 53.3 Å². The minimum atomic E-state index is -0.361. The number of rotatable bonds is 2. The van der Waals surface area contributed by atoms with Crippen molar-refractivity contribution in [3.8, 4) is 0 Å². The van der Waals surface area contributed by atoms with Gasteiger partial charge < -0.3 is 10.3 Å². The first-order valence-corrected chi connectivity index (χ1v) is 7.84. The van der Waals surface area contributed by atoms with Crippen molar-refractivity contribution in [1.82, 2.24) is 10.3 Å². The lowest BCUT2D eigenvalue weighted by Gasteiger charge is -2.14. The third kappa shape index (κ3) is 2.38. The van der Waals surface area contributed by atoms with Gasteiger partial charge in [-0.15, -0.1) is 0 Å². The van der Waals surface area contributed by atoms with Gasteiger partial charge in [0.05, 0.1) is 6.04 Å². The van der Waals surface area contributed by atoms with Gasteiger partial charge in [-0.2, -0.15) is 0 Å². The van der Waals surface area contributed by atoms with Crippen LogP contribution in [0.25, 0.3) is 10.8 Å². The summed E-state index contributed by atoms with van der Waals surface area (Å²) >= 11 is 0. The number of hydrogen-bond donors (Lipinski definition) is 2. The number of fused-ring (bicyclic) bond motifs is 2. The van der Waals surface area contributed by atoms with E-state index in [-0.39, 0.29) is 29.0 Å². The van der Waals surface area contributed by atoms with Crippen molar-refractivity contribution in [3.05, 3.63) is 81.5 Å². The molecule has 1 aromatic heterocycles. The maximum absolute atomic E-state index is 13.8. The van der Waals surface area contributed by atoms with Crippen LogP contribution in [0.1, 0.15) is 34.1 Å². The van der Waals surface area contributed by atoms with Crippen LogP contribution in [0.4, 0.5) is 4.39 Å². The van der Waals surface area contributed by atoms with Gasteiger partial charge in [0.25, 0.3) is 11.5 Å². The van der Waals surface area contributed by atoms with Gasteiger partial charge in [0.2, 0.25) is 0 Å². The highest BCUT2D eigenvalue weighted by Crippen LogP contribution is 2.32. The summed E-state index contributed by atoms with van der Waals surface area (Å²) in [7, 11) is 0. The van der Waals surface area contributed by atoms with Gasteiger partial charge in [0.15, 0.2) is 0 Å². The van der Waals surface area contributed by atoms with E-state index in [2.05, 4.69) is 10.3 Å². The Labute approximate surface area is 137 Å². The first-order chi connectivity index (χ1) is 11.6. The van der Waals surface area contributed by atoms with Crippen LogP contribution in [0, 0.1) is 5.82 Å². The summed E-state index contributed by atoms with van der Waals surface area (Å²) in [5, 5.41) is 4.15. The smallest absolute Gasteiger partial charge is 0.268 e. The van der Waals surface area contributed by atoms with Crippen molar-refractivity contribution < 1.29 is 9.18 Å². The fraction of sp³-hybridized carbons (Fsp3) is 0.158. The Kier molecular flexibility index (Phi) is 3.41. The molecule has 0 spiro atoms. The molecule has 0 bridgehead atoms. The SMILES string of the molecule is O=C(N[C@@H]1CCc2c(F)cccc21)c1cc2ccccc2c(=O)[nH]1. The second-order valence-electron chi connectivity index (χ2n) is 5.97. The van der Waals surface area contributed by atoms with Gasteiger partial charge in [-0.1, -0.05) is 30.3 Å². The van der Waals surface area contributed by atoms with Gasteiger partial charge in [-0.05, 0) is 47.6 Å². The second kappa shape index (κ2) is 5.60. The Morgan fingerprint density at radius 1 is 1.17 bits per heavy atom. The van der Waals surface area contributed by atoms with Gasteiger partial charge in [-0.3, -0.25) is 9.59 Å². The van der Waals surface area contributed by atoms with Crippen LogP contribution in [0.5, 0.6) is 0 Å². The number of pyridine rings is 1. The van der Waals surface area contributed by atoms with E-state index in [1.807, 2.05) is 12.1 Å². The molecule has 2 aromatic carbocycles. The standard InChI is InChI=1S/C19H15FN2O2/c20-15-7-3-6-14-13(15)8-9-16(14)21-19(24)17-10-11-4-1-2-5-12(11)18(23)22-17/h1-7,10,16H,8-9H2,(H,21,24)(H,22,23)/t16-/m1/s1. The minimum Gasteiger partial charge on any atom is -0.344 e. The molecule has 1 amide bonds. The van der Waals surface area contributed by atoms with E-state index in [0.29, 0.717) is 29.2 Å². The molecule has 0 saturated carbocycles. The third-order valence-corrected chi connectivity index (χ3v) is 4.52. The monoisotopic (exact) mass is 322 g/mol. The fourth-order valence-corrected chi connectivity index (χ4v) is 3.33. The lowest BCUT2D eigenvalue weighted by molar-refractivity contribution is 0.0931. The molecule has 120 valence electrons. The third-order valence-electron chi connectivity index (χ3n) is 4.52. The molecule has 0 fully saturated rings. The number of H-pyrrole nitrogens is 1. The number of halogens is 1.